The second-order valence-electron chi connectivity index (χ2n) is 4.27. The van der Waals surface area contributed by atoms with Crippen LogP contribution in [0.15, 0.2) is 24.3 Å². The van der Waals surface area contributed by atoms with Crippen LogP contribution in [0.3, 0.4) is 0 Å². The molecule has 0 unspecified atom stereocenters. The molecule has 1 aromatic rings. The van der Waals surface area contributed by atoms with Gasteiger partial charge < -0.3 is 5.73 Å². The third-order valence-electron chi connectivity index (χ3n) is 3.18. The maximum atomic E-state index is 5.74. The summed E-state index contributed by atoms with van der Waals surface area (Å²) >= 11 is 0. The summed E-state index contributed by atoms with van der Waals surface area (Å²) in [7, 11) is 0. The van der Waals surface area contributed by atoms with Crippen LogP contribution in [0.2, 0.25) is 0 Å². The summed E-state index contributed by atoms with van der Waals surface area (Å²) < 4.78 is 0. The topological polar surface area (TPSA) is 29.3 Å². The Bertz CT molecular complexity index is 318. The van der Waals surface area contributed by atoms with Crippen LogP contribution in [-0.4, -0.2) is 17.5 Å². The molecule has 2 heteroatoms. The highest BCUT2D eigenvalue weighted by molar-refractivity contribution is 5.27. The normalized spacial score (nSPS) is 15.9. The number of hydrogen-bond donors (Lipinski definition) is 1. The van der Waals surface area contributed by atoms with E-state index in [1.54, 1.807) is 0 Å². The smallest absolute Gasteiger partial charge is 0.0239 e. The Balaban J connectivity index is 2.07. The summed E-state index contributed by atoms with van der Waals surface area (Å²) in [5, 5.41) is 0. The van der Waals surface area contributed by atoms with Gasteiger partial charge in [0.1, 0.15) is 0 Å². The number of benzene rings is 1. The van der Waals surface area contributed by atoms with Gasteiger partial charge in [-0.15, -0.1) is 0 Å². The first-order valence-corrected chi connectivity index (χ1v) is 5.86. The Morgan fingerprint density at radius 2 is 1.93 bits per heavy atom. The fourth-order valence-corrected chi connectivity index (χ4v) is 2.07. The molecule has 0 atom stereocenters. The van der Waals surface area contributed by atoms with Crippen molar-refractivity contribution in [2.75, 3.05) is 6.54 Å². The predicted octanol–water partition coefficient (Wildman–Crippen LogP) is 2.13. The van der Waals surface area contributed by atoms with E-state index in [1.165, 1.54) is 24.0 Å². The van der Waals surface area contributed by atoms with Crippen molar-refractivity contribution in [2.45, 2.75) is 38.9 Å². The van der Waals surface area contributed by atoms with Crippen LogP contribution in [0, 0.1) is 0 Å². The summed E-state index contributed by atoms with van der Waals surface area (Å²) in [5.74, 6) is 0. The monoisotopic (exact) mass is 204 g/mol. The summed E-state index contributed by atoms with van der Waals surface area (Å²) in [6, 6.07) is 9.35. The second-order valence-corrected chi connectivity index (χ2v) is 4.27. The first kappa shape index (κ1) is 10.7. The molecule has 1 aliphatic carbocycles. The molecule has 2 rings (SSSR count). The maximum absolute atomic E-state index is 5.74. The summed E-state index contributed by atoms with van der Waals surface area (Å²) in [6.07, 6.45) is 2.75. The first-order chi connectivity index (χ1) is 7.35. The Kier molecular flexibility index (Phi) is 3.39. The molecule has 1 aromatic carbocycles. The van der Waals surface area contributed by atoms with Crippen LogP contribution in [0.5, 0.6) is 0 Å². The fraction of sp³-hybridized carbons (Fsp3) is 0.538. The molecular formula is C13H20N2. The molecule has 1 aliphatic rings. The second kappa shape index (κ2) is 4.77. The van der Waals surface area contributed by atoms with Gasteiger partial charge in [0.15, 0.2) is 0 Å². The zero-order valence-corrected chi connectivity index (χ0v) is 9.45. The lowest BCUT2D eigenvalue weighted by atomic mass is 10.1. The van der Waals surface area contributed by atoms with Crippen LogP contribution >= 0.6 is 0 Å². The Morgan fingerprint density at radius 3 is 2.47 bits per heavy atom. The van der Waals surface area contributed by atoms with E-state index in [2.05, 4.69) is 36.1 Å². The molecule has 82 valence electrons. The number of nitrogens with zero attached hydrogens (tertiary/aromatic N) is 1. The average molecular weight is 204 g/mol. The van der Waals surface area contributed by atoms with Crippen molar-refractivity contribution >= 4 is 0 Å². The zero-order chi connectivity index (χ0) is 10.7. The van der Waals surface area contributed by atoms with Gasteiger partial charge in [-0.1, -0.05) is 31.2 Å². The molecule has 0 amide bonds. The Labute approximate surface area is 92.1 Å². The van der Waals surface area contributed by atoms with E-state index in [4.69, 9.17) is 5.73 Å². The lowest BCUT2D eigenvalue weighted by molar-refractivity contribution is 0.268. The lowest BCUT2D eigenvalue weighted by Crippen LogP contribution is -2.25. The van der Waals surface area contributed by atoms with Crippen molar-refractivity contribution in [1.29, 1.82) is 0 Å². The van der Waals surface area contributed by atoms with Crippen LogP contribution in [0.25, 0.3) is 0 Å². The van der Waals surface area contributed by atoms with Crippen LogP contribution in [0.1, 0.15) is 30.9 Å². The minimum Gasteiger partial charge on any atom is -0.326 e. The van der Waals surface area contributed by atoms with E-state index in [9.17, 15) is 0 Å². The molecular weight excluding hydrogens is 184 g/mol. The van der Waals surface area contributed by atoms with Gasteiger partial charge in [-0.3, -0.25) is 4.90 Å². The van der Waals surface area contributed by atoms with E-state index in [1.807, 2.05) is 0 Å². The highest BCUT2D eigenvalue weighted by atomic mass is 15.2. The van der Waals surface area contributed by atoms with E-state index < -0.39 is 0 Å². The molecule has 1 fully saturated rings. The van der Waals surface area contributed by atoms with Crippen molar-refractivity contribution in [3.63, 3.8) is 0 Å². The van der Waals surface area contributed by atoms with Gasteiger partial charge in [-0.05, 0) is 30.5 Å². The summed E-state index contributed by atoms with van der Waals surface area (Å²) in [6.45, 7) is 5.10. The third-order valence-corrected chi connectivity index (χ3v) is 3.18. The molecule has 0 saturated heterocycles. The van der Waals surface area contributed by atoms with Crippen LogP contribution in [-0.2, 0) is 13.1 Å². The van der Waals surface area contributed by atoms with Gasteiger partial charge in [0.25, 0.3) is 0 Å². The molecule has 0 bridgehead atoms. The van der Waals surface area contributed by atoms with Gasteiger partial charge in [-0.25, -0.2) is 0 Å². The predicted molar refractivity (Wildman–Crippen MR) is 63.4 cm³/mol. The highest BCUT2D eigenvalue weighted by Crippen LogP contribution is 2.28. The number of hydrogen-bond acceptors (Lipinski definition) is 2. The van der Waals surface area contributed by atoms with E-state index in [-0.39, 0.29) is 0 Å². The standard InChI is InChI=1S/C13H20N2/c1-2-15(13-7-8-13)10-12-6-4-3-5-11(12)9-14/h3-6,13H,2,7-10,14H2,1H3. The molecule has 2 nitrogen and oxygen atoms in total. The van der Waals surface area contributed by atoms with Crippen molar-refractivity contribution < 1.29 is 0 Å². The lowest BCUT2D eigenvalue weighted by Gasteiger charge is -2.21. The van der Waals surface area contributed by atoms with Crippen molar-refractivity contribution in [3.8, 4) is 0 Å². The summed E-state index contributed by atoms with van der Waals surface area (Å²) in [5.41, 5.74) is 8.43. The van der Waals surface area contributed by atoms with Gasteiger partial charge >= 0.3 is 0 Å². The Morgan fingerprint density at radius 1 is 1.27 bits per heavy atom. The van der Waals surface area contributed by atoms with Crippen LogP contribution < -0.4 is 5.73 Å². The molecule has 0 aromatic heterocycles. The molecule has 0 radical (unpaired) electrons. The Hall–Kier alpha value is -0.860. The summed E-state index contributed by atoms with van der Waals surface area (Å²) in [4.78, 5) is 2.55. The van der Waals surface area contributed by atoms with Crippen molar-refractivity contribution in [1.82, 2.24) is 4.90 Å². The molecule has 0 aliphatic heterocycles. The zero-order valence-electron chi connectivity index (χ0n) is 9.45. The molecule has 0 heterocycles. The number of rotatable bonds is 5. The van der Waals surface area contributed by atoms with Gasteiger partial charge in [0.05, 0.1) is 0 Å². The quantitative estimate of drug-likeness (QED) is 0.796. The van der Waals surface area contributed by atoms with E-state index in [0.29, 0.717) is 6.54 Å². The molecule has 15 heavy (non-hydrogen) atoms. The fourth-order valence-electron chi connectivity index (χ4n) is 2.07. The maximum Gasteiger partial charge on any atom is 0.0239 e. The van der Waals surface area contributed by atoms with Gasteiger partial charge in [0.2, 0.25) is 0 Å². The molecule has 0 spiro atoms. The minimum absolute atomic E-state index is 0.651. The van der Waals surface area contributed by atoms with E-state index >= 15 is 0 Å². The minimum atomic E-state index is 0.651. The first-order valence-electron chi connectivity index (χ1n) is 5.86. The van der Waals surface area contributed by atoms with Crippen molar-refractivity contribution in [3.05, 3.63) is 35.4 Å². The number of nitrogens with two attached hydrogens (primary N) is 1. The highest BCUT2D eigenvalue weighted by Gasteiger charge is 2.27. The third kappa shape index (κ3) is 2.58. The van der Waals surface area contributed by atoms with Gasteiger partial charge in [0, 0.05) is 19.1 Å². The molecule has 2 N–H and O–H groups in total. The SMILES string of the molecule is CCN(Cc1ccccc1CN)C1CC1. The van der Waals surface area contributed by atoms with Gasteiger partial charge in [-0.2, -0.15) is 0 Å². The van der Waals surface area contributed by atoms with E-state index in [0.717, 1.165) is 19.1 Å². The largest absolute Gasteiger partial charge is 0.326 e. The van der Waals surface area contributed by atoms with Crippen LogP contribution in [0.4, 0.5) is 0 Å². The van der Waals surface area contributed by atoms with Crippen molar-refractivity contribution in [2.24, 2.45) is 5.73 Å². The average Bonchev–Trinajstić information content (AvgIpc) is 3.10. The molecule has 1 saturated carbocycles.